The van der Waals surface area contributed by atoms with E-state index in [0.717, 1.165) is 19.5 Å². The first-order chi connectivity index (χ1) is 6.27. The summed E-state index contributed by atoms with van der Waals surface area (Å²) in [4.78, 5) is 0. The van der Waals surface area contributed by atoms with Crippen molar-refractivity contribution >= 4 is 12.6 Å². The van der Waals surface area contributed by atoms with Crippen molar-refractivity contribution in [2.45, 2.75) is 13.0 Å². The molecule has 0 fully saturated rings. The van der Waals surface area contributed by atoms with Gasteiger partial charge in [-0.05, 0) is 29.6 Å². The maximum Gasteiger partial charge on any atom is 0.488 e. The van der Waals surface area contributed by atoms with Gasteiger partial charge >= 0.3 is 7.12 Å². The van der Waals surface area contributed by atoms with Gasteiger partial charge in [0.15, 0.2) is 0 Å². The van der Waals surface area contributed by atoms with Crippen LogP contribution in [0.15, 0.2) is 18.2 Å². The summed E-state index contributed by atoms with van der Waals surface area (Å²) in [6.07, 6.45) is 1.02. The van der Waals surface area contributed by atoms with Crippen LogP contribution in [0.5, 0.6) is 0 Å². The van der Waals surface area contributed by atoms with Crippen LogP contribution in [0.1, 0.15) is 11.1 Å². The van der Waals surface area contributed by atoms with E-state index in [1.807, 2.05) is 12.1 Å². The van der Waals surface area contributed by atoms with Crippen LogP contribution in [-0.2, 0) is 13.0 Å². The molecule has 3 nitrogen and oxygen atoms in total. The van der Waals surface area contributed by atoms with Crippen LogP contribution in [0, 0.1) is 0 Å². The van der Waals surface area contributed by atoms with Gasteiger partial charge in [0.2, 0.25) is 0 Å². The molecule has 1 aliphatic heterocycles. The predicted octanol–water partition coefficient (Wildman–Crippen LogP) is -0.988. The molecule has 1 heterocycles. The Balaban J connectivity index is 2.35. The van der Waals surface area contributed by atoms with Crippen LogP contribution < -0.4 is 10.8 Å². The smallest absolute Gasteiger partial charge is 0.423 e. The van der Waals surface area contributed by atoms with Gasteiger partial charge in [0.25, 0.3) is 0 Å². The minimum atomic E-state index is -1.35. The van der Waals surface area contributed by atoms with E-state index in [4.69, 9.17) is 10.0 Å². The Hall–Kier alpha value is -0.835. The average molecular weight is 177 g/mol. The molecule has 0 radical (unpaired) electrons. The molecule has 13 heavy (non-hydrogen) atoms. The van der Waals surface area contributed by atoms with Gasteiger partial charge in [0.05, 0.1) is 0 Å². The topological polar surface area (TPSA) is 52.5 Å². The molecule has 1 aromatic rings. The van der Waals surface area contributed by atoms with Gasteiger partial charge in [0, 0.05) is 6.54 Å². The van der Waals surface area contributed by atoms with Crippen molar-refractivity contribution in [3.05, 3.63) is 29.3 Å². The summed E-state index contributed by atoms with van der Waals surface area (Å²) in [6.45, 7) is 1.84. The van der Waals surface area contributed by atoms with Gasteiger partial charge in [-0.2, -0.15) is 0 Å². The van der Waals surface area contributed by atoms with E-state index in [2.05, 4.69) is 5.32 Å². The van der Waals surface area contributed by atoms with E-state index in [1.165, 1.54) is 11.1 Å². The molecular weight excluding hydrogens is 165 g/mol. The number of rotatable bonds is 1. The molecule has 0 unspecified atom stereocenters. The van der Waals surface area contributed by atoms with E-state index in [1.54, 1.807) is 6.07 Å². The van der Waals surface area contributed by atoms with E-state index in [-0.39, 0.29) is 0 Å². The lowest BCUT2D eigenvalue weighted by atomic mass is 9.78. The molecule has 0 spiro atoms. The molecule has 2 rings (SSSR count). The van der Waals surface area contributed by atoms with Gasteiger partial charge in [0.1, 0.15) is 0 Å². The van der Waals surface area contributed by atoms with E-state index in [9.17, 15) is 0 Å². The molecular formula is C9H12BNO2. The SMILES string of the molecule is OB(O)c1ccc2c(c1)CNCC2. The minimum Gasteiger partial charge on any atom is -0.423 e. The lowest BCUT2D eigenvalue weighted by Gasteiger charge is -2.17. The highest BCUT2D eigenvalue weighted by atomic mass is 16.4. The Morgan fingerprint density at radius 1 is 1.23 bits per heavy atom. The second-order valence-corrected chi connectivity index (χ2v) is 3.33. The van der Waals surface area contributed by atoms with Gasteiger partial charge in [-0.3, -0.25) is 0 Å². The molecule has 0 atom stereocenters. The number of nitrogens with one attached hydrogen (secondary N) is 1. The summed E-state index contributed by atoms with van der Waals surface area (Å²) in [7, 11) is -1.35. The summed E-state index contributed by atoms with van der Waals surface area (Å²) < 4.78 is 0. The Bertz CT molecular complexity index is 314. The third-order valence-corrected chi connectivity index (χ3v) is 2.42. The van der Waals surface area contributed by atoms with Crippen molar-refractivity contribution in [3.8, 4) is 0 Å². The van der Waals surface area contributed by atoms with E-state index < -0.39 is 7.12 Å². The zero-order valence-corrected chi connectivity index (χ0v) is 7.33. The first-order valence-electron chi connectivity index (χ1n) is 4.46. The molecule has 0 aliphatic carbocycles. The zero-order chi connectivity index (χ0) is 9.26. The number of hydrogen-bond donors (Lipinski definition) is 3. The Morgan fingerprint density at radius 3 is 2.85 bits per heavy atom. The summed E-state index contributed by atoms with van der Waals surface area (Å²) >= 11 is 0. The molecule has 0 amide bonds. The molecule has 0 bridgehead atoms. The molecule has 1 aromatic carbocycles. The fourth-order valence-corrected chi connectivity index (χ4v) is 1.66. The summed E-state index contributed by atoms with van der Waals surface area (Å²) in [5.74, 6) is 0. The minimum absolute atomic E-state index is 0.572. The third kappa shape index (κ3) is 1.75. The highest BCUT2D eigenvalue weighted by molar-refractivity contribution is 6.58. The Labute approximate surface area is 77.6 Å². The number of hydrogen-bond acceptors (Lipinski definition) is 3. The highest BCUT2D eigenvalue weighted by Crippen LogP contribution is 2.11. The third-order valence-electron chi connectivity index (χ3n) is 2.42. The fourth-order valence-electron chi connectivity index (χ4n) is 1.66. The summed E-state index contributed by atoms with van der Waals surface area (Å²) in [6, 6.07) is 5.60. The molecule has 1 aliphatic rings. The van der Waals surface area contributed by atoms with Gasteiger partial charge < -0.3 is 15.4 Å². The molecule has 0 saturated heterocycles. The van der Waals surface area contributed by atoms with Crippen molar-refractivity contribution in [1.82, 2.24) is 5.32 Å². The van der Waals surface area contributed by atoms with Crippen molar-refractivity contribution in [1.29, 1.82) is 0 Å². The summed E-state index contributed by atoms with van der Waals surface area (Å²) in [5.41, 5.74) is 3.06. The van der Waals surface area contributed by atoms with Gasteiger partial charge in [-0.25, -0.2) is 0 Å². The van der Waals surface area contributed by atoms with Gasteiger partial charge in [-0.1, -0.05) is 18.2 Å². The Morgan fingerprint density at radius 2 is 2.08 bits per heavy atom. The normalized spacial score (nSPS) is 15.2. The van der Waals surface area contributed by atoms with Crippen molar-refractivity contribution in [3.63, 3.8) is 0 Å². The molecule has 3 N–H and O–H groups in total. The van der Waals surface area contributed by atoms with Crippen molar-refractivity contribution in [2.75, 3.05) is 6.54 Å². The van der Waals surface area contributed by atoms with Crippen LogP contribution >= 0.6 is 0 Å². The maximum absolute atomic E-state index is 8.96. The second-order valence-electron chi connectivity index (χ2n) is 3.33. The average Bonchev–Trinajstić information content (AvgIpc) is 2.17. The molecule has 4 heteroatoms. The first kappa shape index (κ1) is 8.75. The van der Waals surface area contributed by atoms with E-state index >= 15 is 0 Å². The number of fused-ring (bicyclic) bond motifs is 1. The van der Waals surface area contributed by atoms with Crippen molar-refractivity contribution < 1.29 is 10.0 Å². The van der Waals surface area contributed by atoms with E-state index in [0.29, 0.717) is 5.46 Å². The number of benzene rings is 1. The lowest BCUT2D eigenvalue weighted by molar-refractivity contribution is 0.425. The van der Waals surface area contributed by atoms with Crippen LogP contribution in [0.4, 0.5) is 0 Å². The quantitative estimate of drug-likeness (QED) is 0.483. The first-order valence-corrected chi connectivity index (χ1v) is 4.46. The second kappa shape index (κ2) is 3.50. The van der Waals surface area contributed by atoms with Crippen molar-refractivity contribution in [2.24, 2.45) is 0 Å². The zero-order valence-electron chi connectivity index (χ0n) is 7.33. The van der Waals surface area contributed by atoms with Crippen LogP contribution in [0.3, 0.4) is 0 Å². The Kier molecular flexibility index (Phi) is 2.35. The molecule has 0 saturated carbocycles. The van der Waals surface area contributed by atoms with Crippen LogP contribution in [0.2, 0.25) is 0 Å². The highest BCUT2D eigenvalue weighted by Gasteiger charge is 2.14. The largest absolute Gasteiger partial charge is 0.488 e. The lowest BCUT2D eigenvalue weighted by Crippen LogP contribution is -2.32. The van der Waals surface area contributed by atoms with Crippen LogP contribution in [-0.4, -0.2) is 23.7 Å². The fraction of sp³-hybridized carbons (Fsp3) is 0.333. The predicted molar refractivity (Wildman–Crippen MR) is 51.7 cm³/mol. The van der Waals surface area contributed by atoms with Gasteiger partial charge in [-0.15, -0.1) is 0 Å². The molecule has 68 valence electrons. The van der Waals surface area contributed by atoms with Crippen LogP contribution in [0.25, 0.3) is 0 Å². The maximum atomic E-state index is 8.96. The standard InChI is InChI=1S/C9H12BNO2/c12-10(13)9-2-1-7-3-4-11-6-8(7)5-9/h1-2,5,11-13H,3-4,6H2. The summed E-state index contributed by atoms with van der Waals surface area (Å²) in [5, 5.41) is 21.2. The molecule has 0 aromatic heterocycles. The monoisotopic (exact) mass is 177 g/mol.